The zero-order chi connectivity index (χ0) is 17.6. The fourth-order valence-corrected chi connectivity index (χ4v) is 2.45. The lowest BCUT2D eigenvalue weighted by molar-refractivity contribution is -0.892. The second kappa shape index (κ2) is 12.8. The minimum Gasteiger partial charge on any atom is -0.377 e. The summed E-state index contributed by atoms with van der Waals surface area (Å²) in [6.45, 7) is 6.44. The molecule has 1 aliphatic heterocycles. The molecule has 2 N–H and O–H groups in total. The fraction of sp³-hybridized carbons (Fsp3) is 0.611. The van der Waals surface area contributed by atoms with Gasteiger partial charge in [-0.3, -0.25) is 4.79 Å². The Morgan fingerprint density at radius 3 is 1.80 bits per heavy atom. The van der Waals surface area contributed by atoms with Gasteiger partial charge < -0.3 is 29.2 Å². The standard InChI is InChI=1S/C18H28N2O5/c21-18(19-17-4-2-1-3-5-17)16-20-6-8-22-10-12-24-14-15-25-13-11-23-9-7-20/h1-5H,6-16H2,(H,19,21)/p+1. The van der Waals surface area contributed by atoms with Gasteiger partial charge in [-0.2, -0.15) is 0 Å². The van der Waals surface area contributed by atoms with E-state index in [1.54, 1.807) is 0 Å². The molecule has 1 amide bonds. The van der Waals surface area contributed by atoms with E-state index in [-0.39, 0.29) is 5.91 Å². The summed E-state index contributed by atoms with van der Waals surface area (Å²) < 4.78 is 22.0. The number of carbonyl (C=O) groups excluding carboxylic acids is 1. The summed E-state index contributed by atoms with van der Waals surface area (Å²) in [5, 5.41) is 2.92. The molecule has 0 radical (unpaired) electrons. The van der Waals surface area contributed by atoms with Crippen LogP contribution in [0.5, 0.6) is 0 Å². The van der Waals surface area contributed by atoms with Crippen LogP contribution in [0.4, 0.5) is 5.69 Å². The van der Waals surface area contributed by atoms with E-state index in [2.05, 4.69) is 5.32 Å². The van der Waals surface area contributed by atoms with Gasteiger partial charge in [-0.05, 0) is 12.1 Å². The zero-order valence-electron chi connectivity index (χ0n) is 14.7. The van der Waals surface area contributed by atoms with Crippen LogP contribution >= 0.6 is 0 Å². The fourth-order valence-electron chi connectivity index (χ4n) is 2.45. The minimum absolute atomic E-state index is 0.00853. The van der Waals surface area contributed by atoms with E-state index >= 15 is 0 Å². The van der Waals surface area contributed by atoms with Crippen molar-refractivity contribution in [3.63, 3.8) is 0 Å². The third-order valence-corrected chi connectivity index (χ3v) is 3.78. The molecule has 0 unspecified atom stereocenters. The SMILES string of the molecule is O=C(C[NH+]1CCOCCOCCOCCOCC1)Nc1ccccc1. The number of rotatable bonds is 3. The van der Waals surface area contributed by atoms with E-state index in [9.17, 15) is 4.79 Å². The van der Waals surface area contributed by atoms with Crippen LogP contribution in [0.1, 0.15) is 0 Å². The van der Waals surface area contributed by atoms with Crippen molar-refractivity contribution in [2.45, 2.75) is 0 Å². The van der Waals surface area contributed by atoms with Gasteiger partial charge in [-0.25, -0.2) is 0 Å². The van der Waals surface area contributed by atoms with Crippen molar-refractivity contribution in [1.82, 2.24) is 0 Å². The molecule has 0 spiro atoms. The Balaban J connectivity index is 1.76. The molecule has 1 aromatic carbocycles. The van der Waals surface area contributed by atoms with Crippen LogP contribution in [0.3, 0.4) is 0 Å². The molecule has 0 atom stereocenters. The molecule has 0 bridgehead atoms. The second-order valence-electron chi connectivity index (χ2n) is 5.79. The van der Waals surface area contributed by atoms with Gasteiger partial charge in [0.25, 0.3) is 5.91 Å². The van der Waals surface area contributed by atoms with Gasteiger partial charge in [-0.15, -0.1) is 0 Å². The Morgan fingerprint density at radius 2 is 1.28 bits per heavy atom. The molecule has 1 aliphatic rings. The first-order valence-electron chi connectivity index (χ1n) is 8.84. The molecule has 1 heterocycles. The summed E-state index contributed by atoms with van der Waals surface area (Å²) in [5.74, 6) is -0.00853. The number of quaternary nitrogens is 1. The maximum Gasteiger partial charge on any atom is 0.279 e. The Bertz CT molecular complexity index is 456. The number of carbonyl (C=O) groups is 1. The summed E-state index contributed by atoms with van der Waals surface area (Å²) >= 11 is 0. The average Bonchev–Trinajstić information content (AvgIpc) is 2.62. The van der Waals surface area contributed by atoms with Gasteiger partial charge in [0.05, 0.1) is 52.9 Å². The molecule has 7 heteroatoms. The van der Waals surface area contributed by atoms with Crippen molar-refractivity contribution in [2.24, 2.45) is 0 Å². The minimum atomic E-state index is -0.00853. The van der Waals surface area contributed by atoms with Gasteiger partial charge >= 0.3 is 0 Å². The maximum absolute atomic E-state index is 12.2. The molecule has 0 saturated carbocycles. The predicted octanol–water partition coefficient (Wildman–Crippen LogP) is -0.410. The Kier molecular flexibility index (Phi) is 10.1. The Hall–Kier alpha value is -1.51. The van der Waals surface area contributed by atoms with Crippen LogP contribution in [0.25, 0.3) is 0 Å². The number of para-hydroxylation sites is 1. The van der Waals surface area contributed by atoms with Crippen LogP contribution in [0.15, 0.2) is 30.3 Å². The number of anilines is 1. The number of ether oxygens (including phenoxy) is 4. The van der Waals surface area contributed by atoms with Crippen molar-refractivity contribution in [2.75, 3.05) is 77.8 Å². The first-order valence-corrected chi connectivity index (χ1v) is 8.84. The average molecular weight is 353 g/mol. The molecule has 25 heavy (non-hydrogen) atoms. The normalized spacial score (nSPS) is 19.5. The number of hydrogen-bond acceptors (Lipinski definition) is 5. The topological polar surface area (TPSA) is 70.5 Å². The molecule has 1 aromatic rings. The van der Waals surface area contributed by atoms with Crippen LogP contribution in [0.2, 0.25) is 0 Å². The highest BCUT2D eigenvalue weighted by Crippen LogP contribution is 2.03. The van der Waals surface area contributed by atoms with Gasteiger partial charge in [0, 0.05) is 5.69 Å². The van der Waals surface area contributed by atoms with Crippen molar-refractivity contribution >= 4 is 11.6 Å². The lowest BCUT2D eigenvalue weighted by Crippen LogP contribution is -3.14. The summed E-state index contributed by atoms with van der Waals surface area (Å²) in [5.41, 5.74) is 0.812. The molecule has 140 valence electrons. The first-order chi connectivity index (χ1) is 12.3. The Morgan fingerprint density at radius 1 is 0.800 bits per heavy atom. The molecular formula is C18H29N2O5+. The van der Waals surface area contributed by atoms with E-state index < -0.39 is 0 Å². The number of nitrogens with one attached hydrogen (secondary N) is 2. The molecule has 7 nitrogen and oxygen atoms in total. The summed E-state index contributed by atoms with van der Waals surface area (Å²) in [6.07, 6.45) is 0. The zero-order valence-corrected chi connectivity index (χ0v) is 14.7. The van der Waals surface area contributed by atoms with Crippen LogP contribution < -0.4 is 10.2 Å². The van der Waals surface area contributed by atoms with E-state index in [0.717, 1.165) is 23.7 Å². The molecule has 0 aromatic heterocycles. The predicted molar refractivity (Wildman–Crippen MR) is 93.9 cm³/mol. The molecule has 1 saturated heterocycles. The molecule has 1 fully saturated rings. The van der Waals surface area contributed by atoms with Crippen LogP contribution in [-0.4, -0.2) is 78.4 Å². The number of hydrogen-bond donors (Lipinski definition) is 2. The molecular weight excluding hydrogens is 324 g/mol. The van der Waals surface area contributed by atoms with E-state index in [1.165, 1.54) is 0 Å². The summed E-state index contributed by atoms with van der Waals surface area (Å²) in [4.78, 5) is 13.4. The molecule has 0 aliphatic carbocycles. The van der Waals surface area contributed by atoms with Crippen molar-refractivity contribution in [3.8, 4) is 0 Å². The maximum atomic E-state index is 12.2. The largest absolute Gasteiger partial charge is 0.377 e. The van der Waals surface area contributed by atoms with E-state index in [0.29, 0.717) is 59.4 Å². The van der Waals surface area contributed by atoms with Crippen molar-refractivity contribution in [1.29, 1.82) is 0 Å². The van der Waals surface area contributed by atoms with E-state index in [1.807, 2.05) is 30.3 Å². The second-order valence-corrected chi connectivity index (χ2v) is 5.79. The van der Waals surface area contributed by atoms with Gasteiger partial charge in [0.2, 0.25) is 0 Å². The highest BCUT2D eigenvalue weighted by molar-refractivity contribution is 5.91. The van der Waals surface area contributed by atoms with Crippen molar-refractivity contribution < 1.29 is 28.6 Å². The smallest absolute Gasteiger partial charge is 0.279 e. The lowest BCUT2D eigenvalue weighted by atomic mass is 10.3. The monoisotopic (exact) mass is 353 g/mol. The van der Waals surface area contributed by atoms with Crippen molar-refractivity contribution in [3.05, 3.63) is 30.3 Å². The highest BCUT2D eigenvalue weighted by Gasteiger charge is 2.14. The van der Waals surface area contributed by atoms with Gasteiger partial charge in [0.15, 0.2) is 6.54 Å². The van der Waals surface area contributed by atoms with Gasteiger partial charge in [0.1, 0.15) is 13.1 Å². The quantitative estimate of drug-likeness (QED) is 0.773. The lowest BCUT2D eigenvalue weighted by Gasteiger charge is -2.19. The van der Waals surface area contributed by atoms with Crippen LogP contribution in [-0.2, 0) is 23.7 Å². The first kappa shape index (κ1) is 19.8. The Labute approximate surface area is 149 Å². The van der Waals surface area contributed by atoms with E-state index in [4.69, 9.17) is 18.9 Å². The van der Waals surface area contributed by atoms with Gasteiger partial charge in [-0.1, -0.05) is 18.2 Å². The summed E-state index contributed by atoms with van der Waals surface area (Å²) in [7, 11) is 0. The highest BCUT2D eigenvalue weighted by atomic mass is 16.6. The van der Waals surface area contributed by atoms with Crippen LogP contribution in [0, 0.1) is 0 Å². The number of benzene rings is 1. The summed E-state index contributed by atoms with van der Waals surface area (Å²) in [6, 6.07) is 9.49. The number of amides is 1. The third-order valence-electron chi connectivity index (χ3n) is 3.78. The molecule has 2 rings (SSSR count). The third kappa shape index (κ3) is 9.52.